The minimum absolute atomic E-state index is 0.0206. The molecule has 136 valence electrons. The van der Waals surface area contributed by atoms with Crippen LogP contribution in [0.3, 0.4) is 0 Å². The van der Waals surface area contributed by atoms with Crippen LogP contribution in [0.5, 0.6) is 0 Å². The molecular formula is C19H20ClN3O2S. The second-order valence-electron chi connectivity index (χ2n) is 6.50. The summed E-state index contributed by atoms with van der Waals surface area (Å²) >= 11 is 7.83. The van der Waals surface area contributed by atoms with Gasteiger partial charge in [-0.2, -0.15) is 5.10 Å². The molecule has 0 fully saturated rings. The van der Waals surface area contributed by atoms with Crippen LogP contribution >= 0.6 is 22.9 Å². The number of hydrogen-bond acceptors (Lipinski definition) is 5. The number of hydrogen-bond donors (Lipinski definition) is 0. The lowest BCUT2D eigenvalue weighted by Crippen LogP contribution is -2.32. The number of carbonyl (C=O) groups excluding carboxylic acids is 1. The highest BCUT2D eigenvalue weighted by Gasteiger charge is 2.25. The van der Waals surface area contributed by atoms with E-state index in [9.17, 15) is 4.79 Å². The molecule has 0 amide bonds. The molecule has 0 aliphatic rings. The van der Waals surface area contributed by atoms with Gasteiger partial charge in [0.25, 0.3) is 0 Å². The van der Waals surface area contributed by atoms with Crippen molar-refractivity contribution in [3.8, 4) is 11.4 Å². The first-order valence-corrected chi connectivity index (χ1v) is 9.52. The minimum atomic E-state index is -0.840. The summed E-state index contributed by atoms with van der Waals surface area (Å²) in [6, 6.07) is 9.64. The fourth-order valence-corrected chi connectivity index (χ4v) is 3.09. The Hall–Kier alpha value is -2.02. The number of carbonyl (C=O) groups is 1. The average molecular weight is 390 g/mol. The molecule has 0 radical (unpaired) electrons. The molecule has 0 atom stereocenters. The van der Waals surface area contributed by atoms with Crippen molar-refractivity contribution in [1.29, 1.82) is 0 Å². The quantitative estimate of drug-likeness (QED) is 0.592. The third-order valence-electron chi connectivity index (χ3n) is 4.23. The van der Waals surface area contributed by atoms with Gasteiger partial charge in [0.15, 0.2) is 5.78 Å². The van der Waals surface area contributed by atoms with Gasteiger partial charge in [0.05, 0.1) is 35.7 Å². The fraction of sp³-hybridized carbons (Fsp3) is 0.316. The van der Waals surface area contributed by atoms with Crippen LogP contribution in [-0.2, 0) is 22.7 Å². The Balaban J connectivity index is 1.89. The number of benzene rings is 1. The number of aromatic nitrogens is 3. The maximum absolute atomic E-state index is 11.7. The van der Waals surface area contributed by atoms with Gasteiger partial charge >= 0.3 is 0 Å². The van der Waals surface area contributed by atoms with Crippen molar-refractivity contribution in [2.24, 2.45) is 0 Å². The predicted octanol–water partition coefficient (Wildman–Crippen LogP) is 4.59. The molecule has 0 saturated heterocycles. The van der Waals surface area contributed by atoms with Gasteiger partial charge in [0.2, 0.25) is 0 Å². The lowest BCUT2D eigenvalue weighted by molar-refractivity contribution is -0.139. The summed E-state index contributed by atoms with van der Waals surface area (Å²) in [6.45, 7) is 5.83. The first-order valence-electron chi connectivity index (χ1n) is 8.20. The summed E-state index contributed by atoms with van der Waals surface area (Å²) in [5.74, 6) is -0.0206. The van der Waals surface area contributed by atoms with Gasteiger partial charge < -0.3 is 4.74 Å². The molecular weight excluding hydrogens is 370 g/mol. The fourth-order valence-electron chi connectivity index (χ4n) is 2.35. The first kappa shape index (κ1) is 18.8. The molecule has 3 aromatic rings. The molecule has 2 heterocycles. The van der Waals surface area contributed by atoms with E-state index in [1.54, 1.807) is 19.4 Å². The van der Waals surface area contributed by atoms with E-state index < -0.39 is 5.60 Å². The zero-order valence-corrected chi connectivity index (χ0v) is 16.5. The Bertz CT molecular complexity index is 903. The van der Waals surface area contributed by atoms with Crippen molar-refractivity contribution in [2.45, 2.75) is 39.5 Å². The van der Waals surface area contributed by atoms with Crippen molar-refractivity contribution in [3.63, 3.8) is 0 Å². The highest BCUT2D eigenvalue weighted by molar-refractivity contribution is 7.07. The zero-order chi connectivity index (χ0) is 18.7. The van der Waals surface area contributed by atoms with Crippen molar-refractivity contribution in [3.05, 3.63) is 57.5 Å². The number of thiazole rings is 1. The van der Waals surface area contributed by atoms with E-state index in [1.807, 2.05) is 40.4 Å². The third kappa shape index (κ3) is 4.20. The van der Waals surface area contributed by atoms with Gasteiger partial charge in [0, 0.05) is 10.4 Å². The van der Waals surface area contributed by atoms with Gasteiger partial charge in [-0.05, 0) is 38.5 Å². The molecule has 1 aromatic carbocycles. The molecule has 0 saturated carbocycles. The van der Waals surface area contributed by atoms with Crippen molar-refractivity contribution >= 4 is 28.7 Å². The van der Waals surface area contributed by atoms with Crippen LogP contribution in [0.15, 0.2) is 41.2 Å². The number of ketones is 1. The molecule has 2 aromatic heterocycles. The van der Waals surface area contributed by atoms with Crippen LogP contribution in [0.2, 0.25) is 5.02 Å². The summed E-state index contributed by atoms with van der Waals surface area (Å²) in [5, 5.41) is 7.32. The van der Waals surface area contributed by atoms with Crippen LogP contribution in [0.4, 0.5) is 0 Å². The Labute approximate surface area is 161 Å². The Morgan fingerprint density at radius 2 is 2.12 bits per heavy atom. The van der Waals surface area contributed by atoms with Crippen LogP contribution in [-0.4, -0.2) is 26.1 Å². The van der Waals surface area contributed by atoms with E-state index >= 15 is 0 Å². The smallest absolute Gasteiger partial charge is 0.161 e. The van der Waals surface area contributed by atoms with E-state index in [0.29, 0.717) is 11.6 Å². The summed E-state index contributed by atoms with van der Waals surface area (Å²) in [5.41, 5.74) is 4.42. The molecule has 0 bridgehead atoms. The number of nitrogens with zero attached hydrogens (tertiary/aromatic N) is 3. The topological polar surface area (TPSA) is 57.0 Å². The van der Waals surface area contributed by atoms with Crippen LogP contribution in [0.25, 0.3) is 11.4 Å². The number of ether oxygens (including phenoxy) is 1. The van der Waals surface area contributed by atoms with E-state index in [1.165, 1.54) is 18.3 Å². The largest absolute Gasteiger partial charge is 0.361 e. The Kier molecular flexibility index (Phi) is 5.55. The molecule has 0 N–H and O–H groups in total. The predicted molar refractivity (Wildman–Crippen MR) is 103 cm³/mol. The summed E-state index contributed by atoms with van der Waals surface area (Å²) < 4.78 is 7.64. The van der Waals surface area contributed by atoms with Gasteiger partial charge in [-0.3, -0.25) is 9.48 Å². The summed E-state index contributed by atoms with van der Waals surface area (Å²) in [6.07, 6.45) is 0. The molecule has 5 nitrogen and oxygen atoms in total. The maximum atomic E-state index is 11.7. The third-order valence-corrected chi connectivity index (χ3v) is 5.19. The van der Waals surface area contributed by atoms with E-state index in [0.717, 1.165) is 22.6 Å². The van der Waals surface area contributed by atoms with Crippen LogP contribution in [0, 0.1) is 0 Å². The second-order valence-corrected chi connectivity index (χ2v) is 7.62. The summed E-state index contributed by atoms with van der Waals surface area (Å²) in [4.78, 5) is 16.0. The standard InChI is InChI=1S/C19H20ClN3O2S/c1-13(24)19(2,3)25-10-15-8-18(17-11-26-12-21-17)23(22-15)9-14-6-4-5-7-16(14)20/h4-8,11-12H,9-10H2,1-3H3. The monoisotopic (exact) mass is 389 g/mol. The van der Waals surface area contributed by atoms with Crippen molar-refractivity contribution in [2.75, 3.05) is 0 Å². The lowest BCUT2D eigenvalue weighted by Gasteiger charge is -2.21. The van der Waals surface area contributed by atoms with Crippen molar-refractivity contribution in [1.82, 2.24) is 14.8 Å². The minimum Gasteiger partial charge on any atom is -0.361 e. The molecule has 0 unspecified atom stereocenters. The Morgan fingerprint density at radius 1 is 1.35 bits per heavy atom. The lowest BCUT2D eigenvalue weighted by atomic mass is 10.1. The number of halogens is 1. The van der Waals surface area contributed by atoms with Gasteiger partial charge in [-0.15, -0.1) is 11.3 Å². The molecule has 3 rings (SSSR count). The number of rotatable bonds is 7. The van der Waals surface area contributed by atoms with Gasteiger partial charge in [-0.25, -0.2) is 4.98 Å². The van der Waals surface area contributed by atoms with E-state index in [4.69, 9.17) is 16.3 Å². The van der Waals surface area contributed by atoms with Crippen LogP contribution < -0.4 is 0 Å². The average Bonchev–Trinajstić information content (AvgIpc) is 3.24. The molecule has 7 heteroatoms. The SMILES string of the molecule is CC(=O)C(C)(C)OCc1cc(-c2cscn2)n(Cc2ccccc2Cl)n1. The zero-order valence-electron chi connectivity index (χ0n) is 14.9. The molecule has 0 spiro atoms. The molecule has 0 aliphatic heterocycles. The normalized spacial score (nSPS) is 11.7. The first-order chi connectivity index (χ1) is 12.4. The van der Waals surface area contributed by atoms with Gasteiger partial charge in [-0.1, -0.05) is 29.8 Å². The summed E-state index contributed by atoms with van der Waals surface area (Å²) in [7, 11) is 0. The van der Waals surface area contributed by atoms with Crippen LogP contribution in [0.1, 0.15) is 32.0 Å². The van der Waals surface area contributed by atoms with E-state index in [-0.39, 0.29) is 12.4 Å². The van der Waals surface area contributed by atoms with Crippen molar-refractivity contribution < 1.29 is 9.53 Å². The Morgan fingerprint density at radius 3 is 2.77 bits per heavy atom. The van der Waals surface area contributed by atoms with Gasteiger partial charge in [0.1, 0.15) is 5.60 Å². The maximum Gasteiger partial charge on any atom is 0.161 e. The molecule has 26 heavy (non-hydrogen) atoms. The highest BCUT2D eigenvalue weighted by atomic mass is 35.5. The number of Topliss-reactive ketones (excluding diaryl/α,β-unsaturated/α-hetero) is 1. The van der Waals surface area contributed by atoms with E-state index in [2.05, 4.69) is 10.1 Å². The highest BCUT2D eigenvalue weighted by Crippen LogP contribution is 2.24. The second kappa shape index (κ2) is 7.70. The molecule has 0 aliphatic carbocycles.